The summed E-state index contributed by atoms with van der Waals surface area (Å²) in [6.07, 6.45) is 5.75. The number of pyridine rings is 1. The van der Waals surface area contributed by atoms with Crippen molar-refractivity contribution in [3.05, 3.63) is 64.4 Å². The van der Waals surface area contributed by atoms with Gasteiger partial charge in [0, 0.05) is 6.20 Å². The van der Waals surface area contributed by atoms with Gasteiger partial charge in [-0.15, -0.1) is 0 Å². The average molecular weight is 301 g/mol. The summed E-state index contributed by atoms with van der Waals surface area (Å²) in [7, 11) is 0. The molecule has 0 radical (unpaired) electrons. The van der Waals surface area contributed by atoms with Crippen molar-refractivity contribution in [2.24, 2.45) is 0 Å². The van der Waals surface area contributed by atoms with Crippen molar-refractivity contribution in [3.8, 4) is 0 Å². The molecule has 110 valence electrons. The predicted octanol–water partition coefficient (Wildman–Crippen LogP) is 4.70. The number of halogens is 1. The molecule has 1 unspecified atom stereocenters. The van der Waals surface area contributed by atoms with Crippen LogP contribution in [0.15, 0.2) is 42.6 Å². The van der Waals surface area contributed by atoms with E-state index in [2.05, 4.69) is 41.5 Å². The molecule has 0 amide bonds. The first-order chi connectivity index (χ1) is 10.3. The van der Waals surface area contributed by atoms with E-state index >= 15 is 0 Å². The maximum absolute atomic E-state index is 6.38. The molecule has 1 saturated carbocycles. The molecule has 1 aliphatic rings. The molecule has 0 bridgehead atoms. The Bertz CT molecular complexity index is 608. The zero-order valence-corrected chi connectivity index (χ0v) is 13.1. The Hall–Kier alpha value is -1.38. The highest BCUT2D eigenvalue weighted by molar-refractivity contribution is 6.31. The molecule has 0 saturated heterocycles. The second-order valence-corrected chi connectivity index (χ2v) is 6.03. The molecule has 2 nitrogen and oxygen atoms in total. The summed E-state index contributed by atoms with van der Waals surface area (Å²) in [6.45, 7) is 3.01. The Morgan fingerprint density at radius 2 is 2.05 bits per heavy atom. The number of nitrogens with one attached hydrogen (secondary N) is 1. The molecule has 1 N–H and O–H groups in total. The number of rotatable bonds is 5. The quantitative estimate of drug-likeness (QED) is 0.865. The highest BCUT2D eigenvalue weighted by atomic mass is 35.5. The normalized spacial score (nSPS) is 16.5. The Kier molecular flexibility index (Phi) is 4.57. The lowest BCUT2D eigenvalue weighted by Gasteiger charge is -2.30. The van der Waals surface area contributed by atoms with E-state index in [1.54, 1.807) is 0 Å². The van der Waals surface area contributed by atoms with Crippen LogP contribution in [0.4, 0.5) is 0 Å². The van der Waals surface area contributed by atoms with Crippen molar-refractivity contribution in [2.75, 3.05) is 6.54 Å². The fourth-order valence-corrected chi connectivity index (χ4v) is 3.26. The van der Waals surface area contributed by atoms with Crippen LogP contribution < -0.4 is 5.32 Å². The molecule has 0 aliphatic heterocycles. The number of hydrogen-bond donors (Lipinski definition) is 1. The minimum absolute atomic E-state index is 0.0699. The second kappa shape index (κ2) is 6.59. The van der Waals surface area contributed by atoms with E-state index in [1.165, 1.54) is 30.4 Å². The minimum Gasteiger partial charge on any atom is -0.305 e. The van der Waals surface area contributed by atoms with Gasteiger partial charge in [-0.3, -0.25) is 4.98 Å². The van der Waals surface area contributed by atoms with Crippen LogP contribution in [-0.2, 0) is 0 Å². The molecule has 21 heavy (non-hydrogen) atoms. The molecule has 3 heteroatoms. The molecular weight excluding hydrogens is 280 g/mol. The zero-order valence-electron chi connectivity index (χ0n) is 12.3. The van der Waals surface area contributed by atoms with Crippen LogP contribution in [0.1, 0.15) is 55.0 Å². The van der Waals surface area contributed by atoms with Crippen molar-refractivity contribution in [3.63, 3.8) is 0 Å². The van der Waals surface area contributed by atoms with Gasteiger partial charge in [0.05, 0.1) is 16.8 Å². The molecule has 1 heterocycles. The number of aromatic nitrogens is 1. The van der Waals surface area contributed by atoms with Crippen molar-refractivity contribution in [1.82, 2.24) is 10.3 Å². The van der Waals surface area contributed by atoms with Crippen molar-refractivity contribution >= 4 is 11.6 Å². The number of nitrogens with zero attached hydrogens (tertiary/aromatic N) is 1. The van der Waals surface area contributed by atoms with Crippen molar-refractivity contribution in [1.29, 1.82) is 0 Å². The van der Waals surface area contributed by atoms with E-state index in [4.69, 9.17) is 11.6 Å². The van der Waals surface area contributed by atoms with E-state index in [0.29, 0.717) is 5.92 Å². The summed E-state index contributed by atoms with van der Waals surface area (Å²) in [5, 5.41) is 4.28. The SMILES string of the molecule is CCNC(c1ccccc1C1CCC1)c1ncccc1Cl. The third-order valence-electron chi connectivity index (χ3n) is 4.32. The Morgan fingerprint density at radius 3 is 2.71 bits per heavy atom. The fraction of sp³-hybridized carbons (Fsp3) is 0.389. The molecule has 0 spiro atoms. The van der Waals surface area contributed by atoms with Gasteiger partial charge in [0.15, 0.2) is 0 Å². The number of benzene rings is 1. The lowest BCUT2D eigenvalue weighted by molar-refractivity contribution is 0.414. The minimum atomic E-state index is 0.0699. The molecule has 2 aromatic rings. The van der Waals surface area contributed by atoms with Gasteiger partial charge in [-0.2, -0.15) is 0 Å². The smallest absolute Gasteiger partial charge is 0.0804 e. The summed E-state index contributed by atoms with van der Waals surface area (Å²) in [6, 6.07) is 12.6. The predicted molar refractivity (Wildman–Crippen MR) is 87.8 cm³/mol. The molecule has 1 fully saturated rings. The van der Waals surface area contributed by atoms with Crippen LogP contribution in [0.3, 0.4) is 0 Å². The number of hydrogen-bond acceptors (Lipinski definition) is 2. The summed E-state index contributed by atoms with van der Waals surface area (Å²) in [5.74, 6) is 0.699. The molecule has 3 rings (SSSR count). The van der Waals surface area contributed by atoms with E-state index in [-0.39, 0.29) is 6.04 Å². The van der Waals surface area contributed by atoms with Crippen LogP contribution >= 0.6 is 11.6 Å². The van der Waals surface area contributed by atoms with E-state index in [0.717, 1.165) is 17.3 Å². The summed E-state index contributed by atoms with van der Waals surface area (Å²) < 4.78 is 0. The highest BCUT2D eigenvalue weighted by Gasteiger charge is 2.26. The van der Waals surface area contributed by atoms with Gasteiger partial charge in [-0.1, -0.05) is 49.2 Å². The topological polar surface area (TPSA) is 24.9 Å². The average Bonchev–Trinajstić information content (AvgIpc) is 2.45. The van der Waals surface area contributed by atoms with Gasteiger partial charge >= 0.3 is 0 Å². The lowest BCUT2D eigenvalue weighted by atomic mass is 9.77. The molecule has 1 atom stereocenters. The van der Waals surface area contributed by atoms with Crippen LogP contribution in [0.5, 0.6) is 0 Å². The van der Waals surface area contributed by atoms with Crippen LogP contribution in [0, 0.1) is 0 Å². The van der Waals surface area contributed by atoms with Gasteiger partial charge in [0.1, 0.15) is 0 Å². The van der Waals surface area contributed by atoms with E-state index in [1.807, 2.05) is 18.3 Å². The summed E-state index contributed by atoms with van der Waals surface area (Å²) >= 11 is 6.38. The third-order valence-corrected chi connectivity index (χ3v) is 4.64. The lowest BCUT2D eigenvalue weighted by Crippen LogP contribution is -2.25. The molecular formula is C18H21ClN2. The van der Waals surface area contributed by atoms with Gasteiger partial charge in [0.25, 0.3) is 0 Å². The molecule has 1 aromatic carbocycles. The third kappa shape index (κ3) is 2.97. The zero-order chi connectivity index (χ0) is 14.7. The molecule has 1 aromatic heterocycles. The largest absolute Gasteiger partial charge is 0.305 e. The van der Waals surface area contributed by atoms with E-state index in [9.17, 15) is 0 Å². The van der Waals surface area contributed by atoms with Crippen molar-refractivity contribution in [2.45, 2.75) is 38.1 Å². The van der Waals surface area contributed by atoms with Gasteiger partial charge in [-0.05, 0) is 48.6 Å². The van der Waals surface area contributed by atoms with Gasteiger partial charge in [0.2, 0.25) is 0 Å². The maximum Gasteiger partial charge on any atom is 0.0804 e. The monoisotopic (exact) mass is 300 g/mol. The van der Waals surface area contributed by atoms with Crippen LogP contribution in [0.2, 0.25) is 5.02 Å². The van der Waals surface area contributed by atoms with Crippen LogP contribution in [-0.4, -0.2) is 11.5 Å². The summed E-state index contributed by atoms with van der Waals surface area (Å²) in [5.41, 5.74) is 3.70. The summed E-state index contributed by atoms with van der Waals surface area (Å²) in [4.78, 5) is 4.52. The Balaban J connectivity index is 2.03. The van der Waals surface area contributed by atoms with Crippen LogP contribution in [0.25, 0.3) is 0 Å². The Morgan fingerprint density at radius 1 is 1.24 bits per heavy atom. The first kappa shape index (κ1) is 14.6. The second-order valence-electron chi connectivity index (χ2n) is 5.62. The maximum atomic E-state index is 6.38. The molecule has 1 aliphatic carbocycles. The Labute approximate surface area is 131 Å². The highest BCUT2D eigenvalue weighted by Crippen LogP contribution is 2.40. The first-order valence-electron chi connectivity index (χ1n) is 7.74. The standard InChI is InChI=1S/C18H21ClN2/c1-2-20-17(18-16(19)11-6-12-21-18)15-10-4-3-9-14(15)13-7-5-8-13/h3-4,6,9-13,17,20H,2,5,7-8H2,1H3. The van der Waals surface area contributed by atoms with Gasteiger partial charge < -0.3 is 5.32 Å². The van der Waals surface area contributed by atoms with E-state index < -0.39 is 0 Å². The van der Waals surface area contributed by atoms with Gasteiger partial charge in [-0.25, -0.2) is 0 Å². The fourth-order valence-electron chi connectivity index (χ4n) is 3.03. The first-order valence-corrected chi connectivity index (χ1v) is 8.11. The van der Waals surface area contributed by atoms with Crippen molar-refractivity contribution < 1.29 is 0 Å².